The lowest BCUT2D eigenvalue weighted by Crippen LogP contribution is -2.25. The summed E-state index contributed by atoms with van der Waals surface area (Å²) in [6.07, 6.45) is 2.44. The standard InChI is InChI=1S/C26H26N2O3S/c1-3-21-17(2)23(29-14-18-10-6-4-7-11-18)24(31-21)20-15-32-25-22(20)27-16-28-26(25)30-19-12-8-5-9-13-19/h4-13,15-17,21,23-24H,3,14H2,1-2H3/t17-,21-,23-,24+/m1/s1. The third kappa shape index (κ3) is 4.13. The van der Waals surface area contributed by atoms with Crippen LogP contribution in [-0.2, 0) is 16.1 Å². The normalized spacial score (nSPS) is 22.9. The van der Waals surface area contributed by atoms with Gasteiger partial charge in [0.05, 0.1) is 24.3 Å². The Kier molecular flexibility index (Phi) is 6.17. The minimum Gasteiger partial charge on any atom is -0.437 e. The van der Waals surface area contributed by atoms with Gasteiger partial charge in [-0.2, -0.15) is 0 Å². The van der Waals surface area contributed by atoms with Crippen molar-refractivity contribution < 1.29 is 14.2 Å². The van der Waals surface area contributed by atoms with Crippen LogP contribution in [0.15, 0.2) is 72.4 Å². The molecule has 4 atom stereocenters. The number of hydrogen-bond donors (Lipinski definition) is 0. The largest absolute Gasteiger partial charge is 0.437 e. The second kappa shape index (κ2) is 9.36. The molecule has 0 N–H and O–H groups in total. The van der Waals surface area contributed by atoms with Crippen molar-refractivity contribution in [1.82, 2.24) is 9.97 Å². The first-order valence-electron chi connectivity index (χ1n) is 11.0. The van der Waals surface area contributed by atoms with Crippen LogP contribution in [0.2, 0.25) is 0 Å². The number of benzene rings is 2. The van der Waals surface area contributed by atoms with Crippen molar-refractivity contribution in [3.05, 3.63) is 83.5 Å². The molecule has 4 aromatic rings. The van der Waals surface area contributed by atoms with E-state index in [0.717, 1.165) is 33.5 Å². The number of rotatable bonds is 7. The monoisotopic (exact) mass is 446 g/mol. The molecule has 0 radical (unpaired) electrons. The van der Waals surface area contributed by atoms with Crippen molar-refractivity contribution in [3.63, 3.8) is 0 Å². The van der Waals surface area contributed by atoms with Crippen molar-refractivity contribution >= 4 is 21.6 Å². The molecule has 0 amide bonds. The highest BCUT2D eigenvalue weighted by molar-refractivity contribution is 7.17. The summed E-state index contributed by atoms with van der Waals surface area (Å²) in [6.45, 7) is 4.94. The minimum absolute atomic E-state index is 0.0496. The van der Waals surface area contributed by atoms with Crippen molar-refractivity contribution in [3.8, 4) is 11.6 Å². The molecular weight excluding hydrogens is 420 g/mol. The number of nitrogens with zero attached hydrogens (tertiary/aromatic N) is 2. The molecule has 3 heterocycles. The first-order valence-corrected chi connectivity index (χ1v) is 11.9. The van der Waals surface area contributed by atoms with E-state index in [1.807, 2.05) is 48.5 Å². The van der Waals surface area contributed by atoms with Crippen LogP contribution in [0.1, 0.15) is 37.5 Å². The van der Waals surface area contributed by atoms with E-state index in [1.54, 1.807) is 17.7 Å². The lowest BCUT2D eigenvalue weighted by molar-refractivity contribution is -0.0329. The van der Waals surface area contributed by atoms with Gasteiger partial charge in [-0.3, -0.25) is 0 Å². The maximum Gasteiger partial charge on any atom is 0.240 e. The Bertz CT molecular complexity index is 1170. The number of ether oxygens (including phenoxy) is 3. The van der Waals surface area contributed by atoms with Crippen molar-refractivity contribution in [1.29, 1.82) is 0 Å². The van der Waals surface area contributed by atoms with Crippen LogP contribution < -0.4 is 4.74 Å². The van der Waals surface area contributed by atoms with Gasteiger partial charge in [-0.05, 0) is 29.5 Å². The molecule has 0 spiro atoms. The molecule has 5 rings (SSSR count). The van der Waals surface area contributed by atoms with E-state index in [1.165, 1.54) is 0 Å². The molecule has 1 saturated heterocycles. The van der Waals surface area contributed by atoms with E-state index in [2.05, 4.69) is 41.3 Å². The summed E-state index contributed by atoms with van der Waals surface area (Å²) in [5.74, 6) is 1.60. The first-order chi connectivity index (χ1) is 15.7. The van der Waals surface area contributed by atoms with Crippen molar-refractivity contribution in [2.45, 2.75) is 45.2 Å². The first kappa shape index (κ1) is 21.1. The summed E-state index contributed by atoms with van der Waals surface area (Å²) in [4.78, 5) is 8.99. The average molecular weight is 447 g/mol. The highest BCUT2D eigenvalue weighted by Crippen LogP contribution is 2.45. The highest BCUT2D eigenvalue weighted by atomic mass is 32.1. The summed E-state index contributed by atoms with van der Waals surface area (Å²) in [5.41, 5.74) is 3.08. The quantitative estimate of drug-likeness (QED) is 0.322. The summed E-state index contributed by atoms with van der Waals surface area (Å²) in [6, 6.07) is 20.0. The zero-order valence-corrected chi connectivity index (χ0v) is 19.0. The van der Waals surface area contributed by atoms with Crippen LogP contribution in [-0.4, -0.2) is 22.2 Å². The van der Waals surface area contributed by atoms with Gasteiger partial charge >= 0.3 is 0 Å². The maximum absolute atomic E-state index is 6.51. The molecule has 0 unspecified atom stereocenters. The molecule has 0 bridgehead atoms. The van der Waals surface area contributed by atoms with E-state index in [4.69, 9.17) is 14.2 Å². The SMILES string of the molecule is CC[C@H]1O[C@@H](c2csc3c(Oc4ccccc4)ncnc23)[C@H](OCc2ccccc2)[C@@H]1C. The van der Waals surface area contributed by atoms with Crippen LogP contribution in [0, 0.1) is 5.92 Å². The summed E-state index contributed by atoms with van der Waals surface area (Å²) < 4.78 is 19.9. The second-order valence-electron chi connectivity index (χ2n) is 8.09. The fourth-order valence-corrected chi connectivity index (χ4v) is 5.29. The predicted molar refractivity (Wildman–Crippen MR) is 126 cm³/mol. The lowest BCUT2D eigenvalue weighted by Gasteiger charge is -2.21. The molecule has 1 fully saturated rings. The van der Waals surface area contributed by atoms with Gasteiger partial charge in [0.1, 0.15) is 22.9 Å². The Morgan fingerprint density at radius 2 is 1.75 bits per heavy atom. The third-order valence-corrected chi connectivity index (χ3v) is 7.00. The van der Waals surface area contributed by atoms with Crippen LogP contribution in [0.3, 0.4) is 0 Å². The Balaban J connectivity index is 1.45. The molecule has 164 valence electrons. The van der Waals surface area contributed by atoms with E-state index < -0.39 is 0 Å². The molecule has 6 heteroatoms. The molecule has 2 aromatic carbocycles. The fourth-order valence-electron chi connectivity index (χ4n) is 4.32. The molecule has 2 aromatic heterocycles. The van der Waals surface area contributed by atoms with Gasteiger partial charge in [-0.15, -0.1) is 11.3 Å². The lowest BCUT2D eigenvalue weighted by atomic mass is 9.94. The molecule has 1 aliphatic rings. The molecule has 0 aliphatic carbocycles. The number of aromatic nitrogens is 2. The smallest absolute Gasteiger partial charge is 0.240 e. The van der Waals surface area contributed by atoms with Crippen LogP contribution >= 0.6 is 11.3 Å². The topological polar surface area (TPSA) is 53.5 Å². The number of fused-ring (bicyclic) bond motifs is 1. The Labute approximate surface area is 192 Å². The average Bonchev–Trinajstić information content (AvgIpc) is 3.40. The highest BCUT2D eigenvalue weighted by Gasteiger charge is 2.43. The molecule has 0 saturated carbocycles. The summed E-state index contributed by atoms with van der Waals surface area (Å²) in [5, 5.41) is 2.12. The van der Waals surface area contributed by atoms with Gasteiger partial charge in [0, 0.05) is 11.5 Å². The summed E-state index contributed by atoms with van der Waals surface area (Å²) in [7, 11) is 0. The molecular formula is C26H26N2O3S. The zero-order valence-electron chi connectivity index (χ0n) is 18.2. The molecule has 32 heavy (non-hydrogen) atoms. The minimum atomic E-state index is -0.174. The Morgan fingerprint density at radius 1 is 1.00 bits per heavy atom. The van der Waals surface area contributed by atoms with E-state index in [9.17, 15) is 0 Å². The van der Waals surface area contributed by atoms with E-state index in [-0.39, 0.29) is 24.2 Å². The Hall–Kier alpha value is -2.80. The van der Waals surface area contributed by atoms with E-state index in [0.29, 0.717) is 12.5 Å². The van der Waals surface area contributed by atoms with Crippen molar-refractivity contribution in [2.75, 3.05) is 0 Å². The van der Waals surface area contributed by atoms with Crippen LogP contribution in [0.5, 0.6) is 11.6 Å². The number of hydrogen-bond acceptors (Lipinski definition) is 6. The predicted octanol–water partition coefficient (Wildman–Crippen LogP) is 6.56. The fraction of sp³-hybridized carbons (Fsp3) is 0.308. The molecule has 5 nitrogen and oxygen atoms in total. The van der Waals surface area contributed by atoms with Crippen LogP contribution in [0.4, 0.5) is 0 Å². The van der Waals surface area contributed by atoms with Gasteiger partial charge in [-0.1, -0.05) is 62.4 Å². The van der Waals surface area contributed by atoms with Crippen LogP contribution in [0.25, 0.3) is 10.2 Å². The maximum atomic E-state index is 6.51. The second-order valence-corrected chi connectivity index (χ2v) is 8.97. The van der Waals surface area contributed by atoms with Gasteiger partial charge in [-0.25, -0.2) is 9.97 Å². The van der Waals surface area contributed by atoms with Gasteiger partial charge in [0.15, 0.2) is 0 Å². The zero-order chi connectivity index (χ0) is 21.9. The number of thiophene rings is 1. The molecule has 1 aliphatic heterocycles. The van der Waals surface area contributed by atoms with Gasteiger partial charge < -0.3 is 14.2 Å². The number of para-hydroxylation sites is 1. The summed E-state index contributed by atoms with van der Waals surface area (Å²) >= 11 is 1.59. The third-order valence-electron chi connectivity index (χ3n) is 6.02. The van der Waals surface area contributed by atoms with Gasteiger partial charge in [0.25, 0.3) is 0 Å². The van der Waals surface area contributed by atoms with E-state index >= 15 is 0 Å². The Morgan fingerprint density at radius 3 is 2.50 bits per heavy atom. The van der Waals surface area contributed by atoms with Crippen molar-refractivity contribution in [2.24, 2.45) is 5.92 Å². The van der Waals surface area contributed by atoms with Gasteiger partial charge in [0.2, 0.25) is 5.88 Å².